The van der Waals surface area contributed by atoms with Crippen molar-refractivity contribution in [2.75, 3.05) is 19.0 Å². The number of carbonyl (C=O) groups excluding carboxylic acids is 1. The van der Waals surface area contributed by atoms with Crippen LogP contribution in [0.2, 0.25) is 5.15 Å². The highest BCUT2D eigenvalue weighted by Crippen LogP contribution is 2.36. The molecule has 1 atom stereocenters. The Morgan fingerprint density at radius 2 is 2.19 bits per heavy atom. The number of alkyl halides is 1. The molecule has 0 aliphatic carbocycles. The van der Waals surface area contributed by atoms with E-state index in [1.807, 2.05) is 6.07 Å². The van der Waals surface area contributed by atoms with E-state index in [-0.39, 0.29) is 10.8 Å². The molecule has 1 amide bonds. The lowest BCUT2D eigenvalue weighted by Gasteiger charge is -2.20. The molecule has 3 aromatic rings. The van der Waals surface area contributed by atoms with E-state index in [9.17, 15) is 9.18 Å². The Bertz CT molecular complexity index is 1090. The fourth-order valence-corrected chi connectivity index (χ4v) is 4.84. The van der Waals surface area contributed by atoms with Gasteiger partial charge in [-0.15, -0.1) is 0 Å². The van der Waals surface area contributed by atoms with Gasteiger partial charge in [-0.2, -0.15) is 0 Å². The molecule has 1 saturated heterocycles. The number of methoxy groups -OCH3 is 1. The molecule has 0 spiro atoms. The lowest BCUT2D eigenvalue weighted by Crippen LogP contribution is -2.25. The van der Waals surface area contributed by atoms with Crippen LogP contribution in [0.5, 0.6) is 5.75 Å². The third kappa shape index (κ3) is 5.06. The number of hydrogen-bond acceptors (Lipinski definition) is 7. The summed E-state index contributed by atoms with van der Waals surface area (Å²) in [4.78, 5) is 28.6. The Balaban J connectivity index is 1.68. The topological polar surface area (TPSA) is 80.2 Å². The molecule has 3 heterocycles. The minimum atomic E-state index is -0.605. The van der Waals surface area contributed by atoms with E-state index >= 15 is 0 Å². The molecule has 4 rings (SSSR count). The van der Waals surface area contributed by atoms with Gasteiger partial charge in [0, 0.05) is 23.0 Å². The maximum Gasteiger partial charge on any atom is 0.277 e. The van der Waals surface area contributed by atoms with Gasteiger partial charge >= 0.3 is 0 Å². The van der Waals surface area contributed by atoms with Gasteiger partial charge in [-0.1, -0.05) is 22.9 Å². The van der Waals surface area contributed by atoms with Crippen LogP contribution in [-0.2, 0) is 13.2 Å². The molecular weight excluding hydrogens is 453 g/mol. The van der Waals surface area contributed by atoms with Crippen molar-refractivity contribution >= 4 is 34.0 Å². The summed E-state index contributed by atoms with van der Waals surface area (Å²) in [6.45, 7) is 3.31. The monoisotopic (exact) mass is 475 g/mol. The highest BCUT2D eigenvalue weighted by Gasteiger charge is 2.24. The van der Waals surface area contributed by atoms with Crippen molar-refractivity contribution in [2.45, 2.75) is 39.0 Å². The molecule has 10 heteroatoms. The Morgan fingerprint density at radius 1 is 1.34 bits per heavy atom. The number of likely N-dealkylation sites (tertiary alicyclic amines) is 1. The van der Waals surface area contributed by atoms with Crippen molar-refractivity contribution in [3.63, 3.8) is 0 Å². The van der Waals surface area contributed by atoms with Gasteiger partial charge < -0.3 is 4.74 Å². The Labute approximate surface area is 194 Å². The first-order chi connectivity index (χ1) is 15.5. The van der Waals surface area contributed by atoms with E-state index < -0.39 is 12.6 Å². The van der Waals surface area contributed by atoms with Crippen LogP contribution in [0.3, 0.4) is 0 Å². The molecule has 168 valence electrons. The van der Waals surface area contributed by atoms with Crippen LogP contribution in [0.25, 0.3) is 11.3 Å². The number of hydrogen-bond donors (Lipinski definition) is 1. The lowest BCUT2D eigenvalue weighted by molar-refractivity contribution is 0.102. The summed E-state index contributed by atoms with van der Waals surface area (Å²) in [5.74, 6) is 0.135. The summed E-state index contributed by atoms with van der Waals surface area (Å²) in [7, 11) is 1.55. The Hall–Kier alpha value is -2.62. The van der Waals surface area contributed by atoms with E-state index in [0.29, 0.717) is 34.7 Å². The molecule has 0 radical (unpaired) electrons. The second-order valence-electron chi connectivity index (χ2n) is 7.63. The van der Waals surface area contributed by atoms with E-state index in [1.54, 1.807) is 19.2 Å². The Morgan fingerprint density at radius 3 is 2.84 bits per heavy atom. The van der Waals surface area contributed by atoms with Gasteiger partial charge in [-0.25, -0.2) is 19.3 Å². The minimum Gasteiger partial charge on any atom is -0.497 e. The molecule has 1 N–H and O–H groups in total. The predicted molar refractivity (Wildman–Crippen MR) is 123 cm³/mol. The molecule has 32 heavy (non-hydrogen) atoms. The molecule has 1 aliphatic heterocycles. The second-order valence-corrected chi connectivity index (χ2v) is 9.11. The van der Waals surface area contributed by atoms with Gasteiger partial charge in [-0.05, 0) is 50.1 Å². The van der Waals surface area contributed by atoms with Crippen LogP contribution in [0.1, 0.15) is 40.7 Å². The first kappa shape index (κ1) is 22.6. The fraction of sp³-hybridized carbons (Fsp3) is 0.364. The summed E-state index contributed by atoms with van der Waals surface area (Å²) in [5, 5.41) is 3.45. The Kier molecular flexibility index (Phi) is 6.98. The average Bonchev–Trinajstić information content (AvgIpc) is 3.39. The molecule has 1 fully saturated rings. The van der Waals surface area contributed by atoms with Crippen molar-refractivity contribution in [1.29, 1.82) is 0 Å². The summed E-state index contributed by atoms with van der Waals surface area (Å²) in [5.41, 5.74) is 2.11. The van der Waals surface area contributed by atoms with Gasteiger partial charge in [-0.3, -0.25) is 15.0 Å². The van der Waals surface area contributed by atoms with Crippen molar-refractivity contribution in [1.82, 2.24) is 19.9 Å². The number of aromatic nitrogens is 3. The summed E-state index contributed by atoms with van der Waals surface area (Å²) < 4.78 is 18.8. The summed E-state index contributed by atoms with van der Waals surface area (Å²) in [6.07, 6.45) is 4.94. The van der Waals surface area contributed by atoms with Crippen LogP contribution in [0.4, 0.5) is 9.52 Å². The number of carbonyl (C=O) groups is 1. The third-order valence-corrected chi connectivity index (χ3v) is 6.59. The maximum absolute atomic E-state index is 13.4. The molecule has 0 bridgehead atoms. The van der Waals surface area contributed by atoms with E-state index in [0.717, 1.165) is 29.8 Å². The zero-order valence-electron chi connectivity index (χ0n) is 17.8. The molecule has 7 nitrogen and oxygen atoms in total. The SMILES string of the molecule is COc1cc(CF)cc(-c2nc(NC(=O)c3cnc(Cl)cn3)sc2CN2CCC[C@H]2C)c1. The number of amides is 1. The summed E-state index contributed by atoms with van der Waals surface area (Å²) >= 11 is 7.16. The van der Waals surface area contributed by atoms with Gasteiger partial charge in [0.15, 0.2) is 5.13 Å². The number of ether oxygens (including phenoxy) is 1. The van der Waals surface area contributed by atoms with Crippen LogP contribution in [0.15, 0.2) is 30.6 Å². The number of nitrogens with one attached hydrogen (secondary N) is 1. The molecule has 0 saturated carbocycles. The van der Waals surface area contributed by atoms with E-state index in [1.165, 1.54) is 23.7 Å². The predicted octanol–water partition coefficient (Wildman–Crippen LogP) is 4.97. The lowest BCUT2D eigenvalue weighted by atomic mass is 10.1. The zero-order valence-corrected chi connectivity index (χ0v) is 19.3. The molecule has 2 aromatic heterocycles. The van der Waals surface area contributed by atoms with E-state index in [4.69, 9.17) is 16.3 Å². The average molecular weight is 476 g/mol. The first-order valence-electron chi connectivity index (χ1n) is 10.2. The normalized spacial score (nSPS) is 16.3. The first-order valence-corrected chi connectivity index (χ1v) is 11.4. The minimum absolute atomic E-state index is 0.141. The van der Waals surface area contributed by atoms with Crippen LogP contribution < -0.4 is 10.1 Å². The van der Waals surface area contributed by atoms with Crippen molar-refractivity contribution in [3.05, 3.63) is 51.9 Å². The van der Waals surface area contributed by atoms with Gasteiger partial charge in [0.05, 0.1) is 25.2 Å². The number of anilines is 1. The van der Waals surface area contributed by atoms with Gasteiger partial charge in [0.1, 0.15) is 23.3 Å². The third-order valence-electron chi connectivity index (χ3n) is 5.44. The van der Waals surface area contributed by atoms with Gasteiger partial charge in [0.2, 0.25) is 0 Å². The van der Waals surface area contributed by atoms with Crippen LogP contribution >= 0.6 is 22.9 Å². The van der Waals surface area contributed by atoms with Crippen LogP contribution in [-0.4, -0.2) is 45.5 Å². The molecule has 1 aromatic carbocycles. The quantitative estimate of drug-likeness (QED) is 0.519. The molecular formula is C22H23ClFN5O2S. The highest BCUT2D eigenvalue weighted by molar-refractivity contribution is 7.16. The number of nitrogens with zero attached hydrogens (tertiary/aromatic N) is 4. The molecule has 1 aliphatic rings. The van der Waals surface area contributed by atoms with Crippen molar-refractivity contribution < 1.29 is 13.9 Å². The second kappa shape index (κ2) is 9.89. The molecule has 0 unspecified atom stereocenters. The number of rotatable bonds is 7. The smallest absolute Gasteiger partial charge is 0.277 e. The standard InChI is InChI=1S/C22H23ClFN5O2S/c1-13-4-3-5-29(13)12-18-20(15-6-14(9-24)7-16(8-15)31-2)27-22(32-18)28-21(30)17-10-26-19(23)11-25-17/h6-8,10-11,13H,3-5,9,12H2,1-2H3,(H,27,28,30)/t13-/m1/s1. The van der Waals surface area contributed by atoms with E-state index in [2.05, 4.69) is 32.1 Å². The summed E-state index contributed by atoms with van der Waals surface area (Å²) in [6, 6.07) is 5.74. The van der Waals surface area contributed by atoms with Crippen molar-refractivity contribution in [2.24, 2.45) is 0 Å². The fourth-order valence-electron chi connectivity index (χ4n) is 3.73. The van der Waals surface area contributed by atoms with Crippen molar-refractivity contribution in [3.8, 4) is 17.0 Å². The number of halogens is 2. The maximum atomic E-state index is 13.4. The zero-order chi connectivity index (χ0) is 22.7. The largest absolute Gasteiger partial charge is 0.497 e. The van der Waals surface area contributed by atoms with Crippen LogP contribution in [0, 0.1) is 0 Å². The highest BCUT2D eigenvalue weighted by atomic mass is 35.5. The number of thiazole rings is 1. The number of benzene rings is 1. The van der Waals surface area contributed by atoms with Gasteiger partial charge in [0.25, 0.3) is 5.91 Å².